The molecule has 0 amide bonds. The summed E-state index contributed by atoms with van der Waals surface area (Å²) in [5.41, 5.74) is 0.448. The lowest BCUT2D eigenvalue weighted by Crippen LogP contribution is -2.41. The largest absolute Gasteiger partial charge is 0.377 e. The maximum atomic E-state index is 5.70. The van der Waals surface area contributed by atoms with Gasteiger partial charge in [-0.1, -0.05) is 29.8 Å². The van der Waals surface area contributed by atoms with E-state index in [0.29, 0.717) is 11.5 Å². The Bertz CT molecular complexity index is 186. The first kappa shape index (κ1) is 14.5. The molecule has 0 radical (unpaired) electrons. The van der Waals surface area contributed by atoms with Gasteiger partial charge < -0.3 is 9.64 Å². The summed E-state index contributed by atoms with van der Waals surface area (Å²) in [6, 6.07) is 0. The Labute approximate surface area is 109 Å². The van der Waals surface area contributed by atoms with Gasteiger partial charge in [0.1, 0.15) is 0 Å². The number of alkyl halides is 1. The van der Waals surface area contributed by atoms with Crippen LogP contribution in [0.2, 0.25) is 0 Å². The van der Waals surface area contributed by atoms with Crippen LogP contribution in [0.3, 0.4) is 0 Å². The number of ether oxygens (including phenoxy) is 1. The van der Waals surface area contributed by atoms with E-state index >= 15 is 0 Å². The number of rotatable bonds is 5. The van der Waals surface area contributed by atoms with Gasteiger partial charge in [0.25, 0.3) is 0 Å². The van der Waals surface area contributed by atoms with Gasteiger partial charge in [-0.3, -0.25) is 0 Å². The van der Waals surface area contributed by atoms with Crippen LogP contribution in [0.5, 0.6) is 0 Å². The number of hydrogen-bond acceptors (Lipinski definition) is 2. The third kappa shape index (κ3) is 4.01. The zero-order chi connectivity index (χ0) is 12.0. The molecule has 1 unspecified atom stereocenters. The second-order valence-corrected chi connectivity index (χ2v) is 5.67. The molecule has 2 nitrogen and oxygen atoms in total. The maximum absolute atomic E-state index is 5.70. The van der Waals surface area contributed by atoms with Crippen molar-refractivity contribution in [2.75, 3.05) is 31.6 Å². The zero-order valence-corrected chi connectivity index (χ0v) is 12.6. The number of hydrogen-bond donors (Lipinski definition) is 0. The van der Waals surface area contributed by atoms with Gasteiger partial charge in [0.2, 0.25) is 0 Å². The van der Waals surface area contributed by atoms with Crippen molar-refractivity contribution in [2.45, 2.75) is 46.1 Å². The van der Waals surface area contributed by atoms with Crippen molar-refractivity contribution >= 4 is 15.9 Å². The summed E-state index contributed by atoms with van der Waals surface area (Å²) in [7, 11) is 0. The van der Waals surface area contributed by atoms with Crippen LogP contribution in [-0.4, -0.2) is 42.6 Å². The van der Waals surface area contributed by atoms with Crippen molar-refractivity contribution < 1.29 is 4.74 Å². The lowest BCUT2D eigenvalue weighted by atomic mass is 9.84. The van der Waals surface area contributed by atoms with E-state index < -0.39 is 0 Å². The molecule has 3 heteroatoms. The van der Waals surface area contributed by atoms with Crippen LogP contribution in [0.4, 0.5) is 0 Å². The van der Waals surface area contributed by atoms with Gasteiger partial charge >= 0.3 is 0 Å². The first-order valence-electron chi connectivity index (χ1n) is 6.55. The fourth-order valence-corrected chi connectivity index (χ4v) is 3.37. The molecule has 0 N–H and O–H groups in total. The molecule has 1 fully saturated rings. The average molecular weight is 292 g/mol. The van der Waals surface area contributed by atoms with E-state index in [2.05, 4.69) is 41.6 Å². The molecule has 1 saturated heterocycles. The SMILES string of the molecule is CCC(CC)(CBr)CN1CCCOC(C)C1. The highest BCUT2D eigenvalue weighted by Crippen LogP contribution is 2.30. The van der Waals surface area contributed by atoms with E-state index in [0.717, 1.165) is 18.5 Å². The lowest BCUT2D eigenvalue weighted by Gasteiger charge is -2.36. The quantitative estimate of drug-likeness (QED) is 0.721. The van der Waals surface area contributed by atoms with Crippen LogP contribution in [0, 0.1) is 5.41 Å². The lowest BCUT2D eigenvalue weighted by molar-refractivity contribution is 0.0601. The van der Waals surface area contributed by atoms with E-state index in [1.807, 2.05) is 0 Å². The maximum Gasteiger partial charge on any atom is 0.0673 e. The Morgan fingerprint density at radius 3 is 2.62 bits per heavy atom. The molecule has 1 atom stereocenters. The zero-order valence-electron chi connectivity index (χ0n) is 11.0. The molecule has 1 heterocycles. The minimum atomic E-state index is 0.393. The molecular weight excluding hydrogens is 266 g/mol. The minimum absolute atomic E-state index is 0.393. The van der Waals surface area contributed by atoms with E-state index in [9.17, 15) is 0 Å². The molecule has 0 spiro atoms. The first-order valence-corrected chi connectivity index (χ1v) is 7.68. The van der Waals surface area contributed by atoms with E-state index in [-0.39, 0.29) is 0 Å². The van der Waals surface area contributed by atoms with E-state index in [4.69, 9.17) is 4.74 Å². The van der Waals surface area contributed by atoms with Crippen LogP contribution >= 0.6 is 15.9 Å². The summed E-state index contributed by atoms with van der Waals surface area (Å²) in [6.45, 7) is 11.2. The summed E-state index contributed by atoms with van der Waals surface area (Å²) >= 11 is 3.70. The molecule has 1 aliphatic heterocycles. The normalized spacial score (nSPS) is 24.4. The van der Waals surface area contributed by atoms with Crippen LogP contribution in [0.1, 0.15) is 40.0 Å². The van der Waals surface area contributed by atoms with Crippen molar-refractivity contribution in [3.63, 3.8) is 0 Å². The Morgan fingerprint density at radius 2 is 2.06 bits per heavy atom. The predicted octanol–water partition coefficient (Wildman–Crippen LogP) is 3.30. The molecule has 1 aliphatic rings. The standard InChI is InChI=1S/C13H26BrNO/c1-4-13(5-2,10-14)11-15-7-6-8-16-12(3)9-15/h12H,4-11H2,1-3H3. The van der Waals surface area contributed by atoms with Gasteiger partial charge in [0.15, 0.2) is 0 Å². The van der Waals surface area contributed by atoms with E-state index in [1.54, 1.807) is 0 Å². The molecule has 0 saturated carbocycles. The smallest absolute Gasteiger partial charge is 0.0673 e. The van der Waals surface area contributed by atoms with Gasteiger partial charge in [-0.2, -0.15) is 0 Å². The highest BCUT2D eigenvalue weighted by atomic mass is 79.9. The van der Waals surface area contributed by atoms with Crippen LogP contribution in [0.25, 0.3) is 0 Å². The molecule has 1 rings (SSSR count). The Hall–Kier alpha value is 0.400. The molecule has 0 aromatic heterocycles. The monoisotopic (exact) mass is 291 g/mol. The van der Waals surface area contributed by atoms with Gasteiger partial charge in [-0.25, -0.2) is 0 Å². The second-order valence-electron chi connectivity index (χ2n) is 5.11. The second kappa shape index (κ2) is 6.97. The van der Waals surface area contributed by atoms with E-state index in [1.165, 1.54) is 32.4 Å². The van der Waals surface area contributed by atoms with Gasteiger partial charge in [-0.05, 0) is 31.6 Å². The molecule has 96 valence electrons. The van der Waals surface area contributed by atoms with Crippen LogP contribution < -0.4 is 0 Å². The van der Waals surface area contributed by atoms with Crippen molar-refractivity contribution in [3.05, 3.63) is 0 Å². The highest BCUT2D eigenvalue weighted by Gasteiger charge is 2.28. The van der Waals surface area contributed by atoms with Gasteiger partial charge in [0, 0.05) is 31.6 Å². The molecule has 0 aromatic carbocycles. The summed E-state index contributed by atoms with van der Waals surface area (Å²) in [6.07, 6.45) is 4.07. The molecule has 0 bridgehead atoms. The highest BCUT2D eigenvalue weighted by molar-refractivity contribution is 9.09. The third-order valence-corrected chi connectivity index (χ3v) is 5.07. The summed E-state index contributed by atoms with van der Waals surface area (Å²) in [4.78, 5) is 2.59. The minimum Gasteiger partial charge on any atom is -0.377 e. The summed E-state index contributed by atoms with van der Waals surface area (Å²) in [5, 5.41) is 1.11. The topological polar surface area (TPSA) is 12.5 Å². The molecule has 0 aliphatic carbocycles. The van der Waals surface area contributed by atoms with Crippen molar-refractivity contribution in [1.29, 1.82) is 0 Å². The Morgan fingerprint density at radius 1 is 1.38 bits per heavy atom. The average Bonchev–Trinajstić information content (AvgIpc) is 2.50. The van der Waals surface area contributed by atoms with Crippen molar-refractivity contribution in [1.82, 2.24) is 4.90 Å². The Kier molecular flexibility index (Phi) is 6.30. The van der Waals surface area contributed by atoms with Crippen molar-refractivity contribution in [2.24, 2.45) is 5.41 Å². The van der Waals surface area contributed by atoms with Crippen molar-refractivity contribution in [3.8, 4) is 0 Å². The molecule has 0 aromatic rings. The summed E-state index contributed by atoms with van der Waals surface area (Å²) in [5.74, 6) is 0. The molecule has 16 heavy (non-hydrogen) atoms. The Balaban J connectivity index is 2.55. The van der Waals surface area contributed by atoms with Gasteiger partial charge in [0.05, 0.1) is 6.10 Å². The fraction of sp³-hybridized carbons (Fsp3) is 1.00. The summed E-state index contributed by atoms with van der Waals surface area (Å²) < 4.78 is 5.70. The molecular formula is C13H26BrNO. The predicted molar refractivity (Wildman–Crippen MR) is 73.3 cm³/mol. The third-order valence-electron chi connectivity index (χ3n) is 3.88. The number of halogens is 1. The van der Waals surface area contributed by atoms with Gasteiger partial charge in [-0.15, -0.1) is 0 Å². The number of nitrogens with zero attached hydrogens (tertiary/aromatic N) is 1. The van der Waals surface area contributed by atoms with Crippen LogP contribution in [-0.2, 0) is 4.74 Å². The fourth-order valence-electron chi connectivity index (χ4n) is 2.40. The first-order chi connectivity index (χ1) is 7.65. The van der Waals surface area contributed by atoms with Crippen LogP contribution in [0.15, 0.2) is 0 Å².